The van der Waals surface area contributed by atoms with Crippen molar-refractivity contribution in [2.75, 3.05) is 7.11 Å². The first-order valence-electron chi connectivity index (χ1n) is 15.6. The van der Waals surface area contributed by atoms with E-state index < -0.39 is 0 Å². The van der Waals surface area contributed by atoms with Gasteiger partial charge in [-0.15, -0.1) is 0 Å². The number of carbonyl (C=O) groups excluding carboxylic acids is 2. The van der Waals surface area contributed by atoms with Crippen LogP contribution in [0.3, 0.4) is 0 Å². The standard InChI is InChI=1S/C33H45ClN4O3S/c1-20(9-12-29(40)41-4)24-10-11-25-30-26(14-16-33(24,25)3)32(2)15-13-23(17-22(32)18-28(30)39)36-38-31(42)37-35-19-21-7-5-6-8-27(21)34/h5-8,19-20,22,24-26,30H,9-18H2,1-4H3,(H2,37,38,42)/b35-19+,36-23+/t20-,22+,24-,25+,26+,30+,32+,33-/m1/s1. The average Bonchev–Trinajstić information content (AvgIpc) is 3.33. The van der Waals surface area contributed by atoms with Crippen LogP contribution in [0.4, 0.5) is 0 Å². The first kappa shape index (κ1) is 31.1. The summed E-state index contributed by atoms with van der Waals surface area (Å²) in [4.78, 5) is 25.7. The molecule has 4 fully saturated rings. The Morgan fingerprint density at radius 2 is 1.90 bits per heavy atom. The van der Waals surface area contributed by atoms with Crippen molar-refractivity contribution in [3.63, 3.8) is 0 Å². The number of fused-ring (bicyclic) bond motifs is 5. The number of thiocarbonyl (C=S) groups is 1. The van der Waals surface area contributed by atoms with E-state index >= 15 is 0 Å². The number of ether oxygens (including phenoxy) is 1. The van der Waals surface area contributed by atoms with Gasteiger partial charge in [-0.1, -0.05) is 50.6 Å². The molecule has 0 saturated heterocycles. The van der Waals surface area contributed by atoms with Gasteiger partial charge >= 0.3 is 5.97 Å². The zero-order valence-electron chi connectivity index (χ0n) is 25.3. The molecule has 9 heteroatoms. The number of ketones is 1. The number of halogens is 1. The van der Waals surface area contributed by atoms with E-state index in [0.29, 0.717) is 58.3 Å². The molecule has 5 rings (SSSR count). The summed E-state index contributed by atoms with van der Waals surface area (Å²) in [7, 11) is 1.46. The van der Waals surface area contributed by atoms with Gasteiger partial charge in [0.25, 0.3) is 0 Å². The van der Waals surface area contributed by atoms with Crippen molar-refractivity contribution in [1.82, 2.24) is 10.9 Å². The molecule has 228 valence electrons. The summed E-state index contributed by atoms with van der Waals surface area (Å²) in [6.45, 7) is 7.21. The van der Waals surface area contributed by atoms with Gasteiger partial charge in [-0.25, -0.2) is 0 Å². The largest absolute Gasteiger partial charge is 0.469 e. The van der Waals surface area contributed by atoms with Crippen LogP contribution < -0.4 is 10.9 Å². The number of esters is 1. The Morgan fingerprint density at radius 1 is 1.14 bits per heavy atom. The third-order valence-corrected chi connectivity index (χ3v) is 12.2. The van der Waals surface area contributed by atoms with Gasteiger partial charge in [0.1, 0.15) is 5.78 Å². The van der Waals surface area contributed by atoms with Crippen molar-refractivity contribution in [2.45, 2.75) is 85.0 Å². The van der Waals surface area contributed by atoms with Crippen molar-refractivity contribution in [3.05, 3.63) is 34.9 Å². The molecule has 1 aromatic carbocycles. The molecule has 2 N–H and O–H groups in total. The lowest BCUT2D eigenvalue weighted by Gasteiger charge is -2.60. The number of nitrogens with one attached hydrogen (secondary N) is 2. The molecule has 0 radical (unpaired) electrons. The minimum absolute atomic E-state index is 0.123. The highest BCUT2D eigenvalue weighted by atomic mass is 35.5. The van der Waals surface area contributed by atoms with Crippen molar-refractivity contribution in [2.24, 2.45) is 56.5 Å². The fourth-order valence-corrected chi connectivity index (χ4v) is 9.64. The van der Waals surface area contributed by atoms with Gasteiger partial charge in [0.2, 0.25) is 5.11 Å². The highest BCUT2D eigenvalue weighted by Crippen LogP contribution is 2.67. The van der Waals surface area contributed by atoms with E-state index in [2.05, 4.69) is 41.8 Å². The smallest absolute Gasteiger partial charge is 0.305 e. The molecule has 0 unspecified atom stereocenters. The van der Waals surface area contributed by atoms with Crippen LogP contribution in [-0.4, -0.2) is 35.9 Å². The van der Waals surface area contributed by atoms with E-state index in [4.69, 9.17) is 28.6 Å². The Bertz CT molecular complexity index is 1270. The Morgan fingerprint density at radius 3 is 2.67 bits per heavy atom. The highest BCUT2D eigenvalue weighted by Gasteiger charge is 2.62. The van der Waals surface area contributed by atoms with E-state index in [9.17, 15) is 9.59 Å². The number of hydrazone groups is 2. The fraction of sp³-hybridized carbons (Fsp3) is 0.667. The summed E-state index contributed by atoms with van der Waals surface area (Å²) in [6, 6.07) is 7.47. The predicted octanol–water partition coefficient (Wildman–Crippen LogP) is 6.92. The van der Waals surface area contributed by atoms with Crippen LogP contribution in [0.2, 0.25) is 5.02 Å². The lowest BCUT2D eigenvalue weighted by atomic mass is 9.44. The molecule has 0 heterocycles. The van der Waals surface area contributed by atoms with Gasteiger partial charge in [0, 0.05) is 35.1 Å². The van der Waals surface area contributed by atoms with Gasteiger partial charge in [-0.2, -0.15) is 10.2 Å². The Kier molecular flexibility index (Phi) is 9.43. The molecule has 42 heavy (non-hydrogen) atoms. The van der Waals surface area contributed by atoms with E-state index in [-0.39, 0.29) is 22.7 Å². The number of methoxy groups -OCH3 is 1. The Hall–Kier alpha value is -2.32. The molecule has 4 aliphatic rings. The van der Waals surface area contributed by atoms with Crippen LogP contribution in [0.25, 0.3) is 0 Å². The maximum atomic E-state index is 13.9. The lowest BCUT2D eigenvalue weighted by molar-refractivity contribution is -0.153. The molecule has 7 nitrogen and oxygen atoms in total. The molecule has 0 aliphatic heterocycles. The van der Waals surface area contributed by atoms with E-state index in [1.54, 1.807) is 6.21 Å². The second-order valence-corrected chi connectivity index (χ2v) is 14.5. The monoisotopic (exact) mass is 612 g/mol. The van der Waals surface area contributed by atoms with Crippen molar-refractivity contribution < 1.29 is 14.3 Å². The molecule has 0 bridgehead atoms. The molecule has 0 spiro atoms. The molecule has 4 saturated carbocycles. The van der Waals surface area contributed by atoms with Gasteiger partial charge < -0.3 is 4.74 Å². The molecule has 8 atom stereocenters. The number of hydrogen-bond donors (Lipinski definition) is 2. The third-order valence-electron chi connectivity index (χ3n) is 11.7. The molecular weight excluding hydrogens is 568 g/mol. The zero-order chi connectivity index (χ0) is 30.1. The summed E-state index contributed by atoms with van der Waals surface area (Å²) in [5.41, 5.74) is 7.97. The first-order chi connectivity index (χ1) is 20.1. The van der Waals surface area contributed by atoms with Crippen LogP contribution in [0.5, 0.6) is 0 Å². The molecule has 0 amide bonds. The predicted molar refractivity (Wildman–Crippen MR) is 171 cm³/mol. The minimum Gasteiger partial charge on any atom is -0.469 e. The van der Waals surface area contributed by atoms with E-state index in [1.165, 1.54) is 20.0 Å². The Balaban J connectivity index is 1.20. The van der Waals surface area contributed by atoms with Crippen LogP contribution in [0.15, 0.2) is 34.5 Å². The second kappa shape index (κ2) is 12.7. The van der Waals surface area contributed by atoms with Crippen LogP contribution in [0.1, 0.15) is 90.5 Å². The van der Waals surface area contributed by atoms with Gasteiger partial charge in [0.15, 0.2) is 0 Å². The summed E-state index contributed by atoms with van der Waals surface area (Å²) >= 11 is 11.5. The summed E-state index contributed by atoms with van der Waals surface area (Å²) in [5.74, 6) is 2.77. The highest BCUT2D eigenvalue weighted by molar-refractivity contribution is 7.80. The molecule has 0 aromatic heterocycles. The third kappa shape index (κ3) is 6.03. The van der Waals surface area contributed by atoms with Gasteiger partial charge in [-0.3, -0.25) is 20.4 Å². The summed E-state index contributed by atoms with van der Waals surface area (Å²) in [5, 5.41) is 9.74. The molecular formula is C33H45ClN4O3S. The lowest BCUT2D eigenvalue weighted by Crippen LogP contribution is -2.57. The maximum absolute atomic E-state index is 13.9. The maximum Gasteiger partial charge on any atom is 0.305 e. The van der Waals surface area contributed by atoms with Gasteiger partial charge in [-0.05, 0) is 110 Å². The van der Waals surface area contributed by atoms with Crippen LogP contribution >= 0.6 is 23.8 Å². The van der Waals surface area contributed by atoms with Crippen molar-refractivity contribution >= 4 is 52.6 Å². The number of benzene rings is 1. The van der Waals surface area contributed by atoms with Crippen molar-refractivity contribution in [3.8, 4) is 0 Å². The van der Waals surface area contributed by atoms with E-state index in [1.807, 2.05) is 24.3 Å². The Labute approximate surface area is 260 Å². The molecule has 1 aromatic rings. The van der Waals surface area contributed by atoms with Crippen LogP contribution in [-0.2, 0) is 14.3 Å². The normalized spacial score (nSPS) is 35.7. The van der Waals surface area contributed by atoms with Crippen LogP contribution in [0, 0.1) is 46.3 Å². The topological polar surface area (TPSA) is 92.2 Å². The second-order valence-electron chi connectivity index (χ2n) is 13.6. The zero-order valence-corrected chi connectivity index (χ0v) is 26.9. The fourth-order valence-electron chi connectivity index (χ4n) is 9.36. The quantitative estimate of drug-likeness (QED) is 0.150. The minimum atomic E-state index is -0.123. The average molecular weight is 613 g/mol. The summed E-state index contributed by atoms with van der Waals surface area (Å²) in [6.07, 6.45) is 11.0. The summed E-state index contributed by atoms with van der Waals surface area (Å²) < 4.78 is 4.90. The number of Topliss-reactive ketones (excluding diaryl/α,β-unsaturated/α-hetero) is 1. The first-order valence-corrected chi connectivity index (χ1v) is 16.3. The van der Waals surface area contributed by atoms with Crippen molar-refractivity contribution in [1.29, 1.82) is 0 Å². The van der Waals surface area contributed by atoms with Gasteiger partial charge in [0.05, 0.1) is 13.3 Å². The number of rotatable bonds is 7. The van der Waals surface area contributed by atoms with E-state index in [0.717, 1.165) is 49.8 Å². The number of carbonyl (C=O) groups is 2. The number of hydrogen-bond acceptors (Lipinski definition) is 6. The molecule has 4 aliphatic carbocycles. The number of nitrogens with zero attached hydrogens (tertiary/aromatic N) is 2. The SMILES string of the molecule is COC(=O)CC[C@@H](C)[C@H]1CC[C@H]2[C@@H]3C(=O)C[C@@H]4C/C(=N/NC(=S)N/N=C/c5ccccc5Cl)CC[C@]4(C)[C@H]3CC[C@]12C.